The minimum absolute atomic E-state index is 0. The van der Waals surface area contributed by atoms with Crippen LogP contribution in [0.3, 0.4) is 0 Å². The maximum atomic E-state index is 12.7. The predicted octanol–water partition coefficient (Wildman–Crippen LogP) is 8.73. The maximum absolute atomic E-state index is 12.7. The molecule has 1 aliphatic heterocycles. The Balaban J connectivity index is 0.000000172. The summed E-state index contributed by atoms with van der Waals surface area (Å²) >= 11 is 0. The molecule has 0 saturated carbocycles. The first kappa shape index (κ1) is 34.4. The average molecular weight is 677 g/mol. The number of carbonyl (C=O) groups excluding carboxylic acids is 2. The van der Waals surface area contributed by atoms with E-state index in [2.05, 4.69) is 56.3 Å². The van der Waals surface area contributed by atoms with Gasteiger partial charge in [-0.2, -0.15) is 0 Å². The van der Waals surface area contributed by atoms with Crippen LogP contribution in [-0.4, -0.2) is 55.1 Å². The molecule has 8 rings (SSSR count). The van der Waals surface area contributed by atoms with E-state index in [4.69, 9.17) is 4.74 Å². The molecular formula is C42H40N6O3. The standard InChI is InChI=1S/C21H19N3O.C20H17N3O2.CH4/c1-24(14-15-4-3-10-22-13-15)21(25)17-8-7-16(12-17)18-9-11-23-20-6-2-5-19(18)20;1-13(24)17-8-16(11-21-17)18-12-22-19-9-15(10-20(25-2)23(18)19)14-6-4-3-5-7-14;/h2-7,9-13,23H,8,14H2,1H3;3-12,21H,1-2H3;1H4. The fourth-order valence-electron chi connectivity index (χ4n) is 6.26. The first-order chi connectivity index (χ1) is 24.4. The highest BCUT2D eigenvalue weighted by atomic mass is 16.5. The van der Waals surface area contributed by atoms with Crippen molar-refractivity contribution < 1.29 is 14.3 Å². The van der Waals surface area contributed by atoms with Crippen LogP contribution >= 0.6 is 0 Å². The Morgan fingerprint density at radius 1 is 0.902 bits per heavy atom. The second-order valence-electron chi connectivity index (χ2n) is 12.1. The monoisotopic (exact) mass is 676 g/mol. The van der Waals surface area contributed by atoms with Crippen LogP contribution in [0, 0.1) is 0 Å². The molecule has 1 amide bonds. The molecule has 256 valence electrons. The number of hydrogen-bond donors (Lipinski definition) is 2. The highest BCUT2D eigenvalue weighted by Crippen LogP contribution is 2.35. The number of benzene rings is 1. The summed E-state index contributed by atoms with van der Waals surface area (Å²) in [5.41, 5.74) is 11.7. The number of amides is 1. The van der Waals surface area contributed by atoms with Crippen molar-refractivity contribution in [1.29, 1.82) is 0 Å². The molecule has 0 unspecified atom stereocenters. The van der Waals surface area contributed by atoms with Crippen molar-refractivity contribution in [2.45, 2.75) is 27.3 Å². The molecule has 2 aliphatic carbocycles. The van der Waals surface area contributed by atoms with Gasteiger partial charge in [0.1, 0.15) is 5.65 Å². The second-order valence-corrected chi connectivity index (χ2v) is 12.1. The first-order valence-electron chi connectivity index (χ1n) is 16.3. The van der Waals surface area contributed by atoms with Crippen molar-refractivity contribution in [3.63, 3.8) is 0 Å². The number of aromatic nitrogens is 5. The van der Waals surface area contributed by atoms with Gasteiger partial charge in [-0.05, 0) is 70.7 Å². The number of methoxy groups -OCH3 is 1. The van der Waals surface area contributed by atoms with Gasteiger partial charge in [-0.1, -0.05) is 62.0 Å². The fraction of sp³-hybridized carbons (Fsp3) is 0.143. The van der Waals surface area contributed by atoms with Crippen molar-refractivity contribution in [2.75, 3.05) is 14.2 Å². The summed E-state index contributed by atoms with van der Waals surface area (Å²) in [6.07, 6.45) is 13.9. The van der Waals surface area contributed by atoms with E-state index >= 15 is 0 Å². The summed E-state index contributed by atoms with van der Waals surface area (Å²) in [5, 5.41) is 0. The first-order valence-corrected chi connectivity index (χ1v) is 16.3. The lowest BCUT2D eigenvalue weighted by Gasteiger charge is -2.17. The Morgan fingerprint density at radius 3 is 2.49 bits per heavy atom. The Labute approximate surface area is 297 Å². The van der Waals surface area contributed by atoms with Crippen LogP contribution in [0.5, 0.6) is 5.88 Å². The molecule has 2 N–H and O–H groups in total. The number of Topliss-reactive ketones (excluding diaryl/α,β-unsaturated/α-hetero) is 1. The van der Waals surface area contributed by atoms with Gasteiger partial charge in [-0.15, -0.1) is 0 Å². The second kappa shape index (κ2) is 15.0. The van der Waals surface area contributed by atoms with Gasteiger partial charge in [0.15, 0.2) is 11.7 Å². The van der Waals surface area contributed by atoms with Crippen molar-refractivity contribution in [1.82, 2.24) is 29.2 Å². The molecular weight excluding hydrogens is 637 g/mol. The number of imidazole rings is 1. The fourth-order valence-corrected chi connectivity index (χ4v) is 6.26. The molecule has 0 spiro atoms. The molecule has 9 heteroatoms. The number of ketones is 1. The maximum Gasteiger partial charge on any atom is 0.250 e. The highest BCUT2D eigenvalue weighted by molar-refractivity contribution is 6.00. The molecule has 0 radical (unpaired) electrons. The number of nitrogens with one attached hydrogen (secondary N) is 2. The largest absolute Gasteiger partial charge is 0.482 e. The molecule has 4 aromatic heterocycles. The Bertz CT molecular complexity index is 2330. The summed E-state index contributed by atoms with van der Waals surface area (Å²) in [6, 6.07) is 28.1. The zero-order valence-corrected chi connectivity index (χ0v) is 28.1. The van der Waals surface area contributed by atoms with E-state index < -0.39 is 0 Å². The van der Waals surface area contributed by atoms with Crippen LogP contribution in [-0.2, 0) is 11.3 Å². The van der Waals surface area contributed by atoms with E-state index in [1.165, 1.54) is 12.5 Å². The van der Waals surface area contributed by atoms with Crippen molar-refractivity contribution in [3.05, 3.63) is 150 Å². The number of carbonyl (C=O) groups is 2. The third-order valence-corrected chi connectivity index (χ3v) is 8.79. The predicted molar refractivity (Wildman–Crippen MR) is 203 cm³/mol. The number of aromatic amines is 2. The van der Waals surface area contributed by atoms with Gasteiger partial charge in [-0.25, -0.2) is 4.98 Å². The molecule has 9 nitrogen and oxygen atoms in total. The minimum atomic E-state index is -0.00148. The Morgan fingerprint density at radius 2 is 1.75 bits per heavy atom. The molecule has 1 aromatic carbocycles. The SMILES string of the molecule is C.CN(Cc1cccnc1)C(=O)C1=CC(c2cc[nH]c3cccc2-3)=CC1.COc1cc(-c2ccccc2)cc2ncc(-c3c[nH]c(C(C)=O)c3)n12. The van der Waals surface area contributed by atoms with Gasteiger partial charge < -0.3 is 19.6 Å². The van der Waals surface area contributed by atoms with Gasteiger partial charge in [-0.3, -0.25) is 19.0 Å². The van der Waals surface area contributed by atoms with Crippen LogP contribution in [0.4, 0.5) is 0 Å². The summed E-state index contributed by atoms with van der Waals surface area (Å²) in [7, 11) is 3.48. The van der Waals surface area contributed by atoms with E-state index in [9.17, 15) is 9.59 Å². The van der Waals surface area contributed by atoms with Gasteiger partial charge >= 0.3 is 0 Å². The highest BCUT2D eigenvalue weighted by Gasteiger charge is 2.21. The van der Waals surface area contributed by atoms with Crippen LogP contribution < -0.4 is 4.74 Å². The minimum Gasteiger partial charge on any atom is -0.482 e. The number of H-pyrrole nitrogens is 2. The summed E-state index contributed by atoms with van der Waals surface area (Å²) in [6.45, 7) is 2.10. The molecule has 0 bridgehead atoms. The summed E-state index contributed by atoms with van der Waals surface area (Å²) in [5.74, 6) is 0.754. The molecule has 0 atom stereocenters. The zero-order valence-electron chi connectivity index (χ0n) is 28.1. The van der Waals surface area contributed by atoms with Crippen molar-refractivity contribution >= 4 is 22.9 Å². The molecule has 3 aliphatic rings. The van der Waals surface area contributed by atoms with E-state index in [-0.39, 0.29) is 19.1 Å². The number of fused-ring (bicyclic) bond motifs is 2. The smallest absolute Gasteiger partial charge is 0.250 e. The van der Waals surface area contributed by atoms with E-state index in [0.29, 0.717) is 24.5 Å². The lowest BCUT2D eigenvalue weighted by molar-refractivity contribution is -0.126. The topological polar surface area (TPSA) is 108 Å². The number of likely N-dealkylation sites (N-methyl/N-ethyl adjacent to an activating group) is 1. The van der Waals surface area contributed by atoms with Crippen molar-refractivity contribution in [3.8, 4) is 39.5 Å². The average Bonchev–Trinajstić information content (AvgIpc) is 3.98. The quantitative estimate of drug-likeness (QED) is 0.157. The van der Waals surface area contributed by atoms with Crippen LogP contribution in [0.25, 0.3) is 44.9 Å². The molecule has 5 heterocycles. The number of nitrogens with zero attached hydrogens (tertiary/aromatic N) is 4. The Hall–Kier alpha value is -6.48. The molecule has 51 heavy (non-hydrogen) atoms. The number of rotatable bonds is 8. The molecule has 0 saturated heterocycles. The van der Waals surface area contributed by atoms with E-state index in [0.717, 1.165) is 56.0 Å². The van der Waals surface area contributed by atoms with Gasteiger partial charge in [0.25, 0.3) is 0 Å². The van der Waals surface area contributed by atoms with Crippen molar-refractivity contribution in [2.24, 2.45) is 0 Å². The summed E-state index contributed by atoms with van der Waals surface area (Å²) in [4.78, 5) is 40.9. The van der Waals surface area contributed by atoms with Gasteiger partial charge in [0.2, 0.25) is 5.91 Å². The zero-order chi connectivity index (χ0) is 34.6. The summed E-state index contributed by atoms with van der Waals surface area (Å²) < 4.78 is 7.55. The lowest BCUT2D eigenvalue weighted by Crippen LogP contribution is -2.27. The van der Waals surface area contributed by atoms with E-state index in [1.807, 2.05) is 84.5 Å². The van der Waals surface area contributed by atoms with Crippen LogP contribution in [0.2, 0.25) is 0 Å². The van der Waals surface area contributed by atoms with Crippen LogP contribution in [0.1, 0.15) is 42.4 Å². The third-order valence-electron chi connectivity index (χ3n) is 8.79. The van der Waals surface area contributed by atoms with Gasteiger partial charge in [0, 0.05) is 73.8 Å². The van der Waals surface area contributed by atoms with Crippen LogP contribution in [0.15, 0.2) is 134 Å². The Kier molecular flexibility index (Phi) is 10.1. The normalized spacial score (nSPS) is 12.1. The molecule has 0 fully saturated rings. The van der Waals surface area contributed by atoms with Gasteiger partial charge in [0.05, 0.1) is 24.7 Å². The molecule has 5 aromatic rings. The number of ether oxygens (including phenoxy) is 1. The third kappa shape index (κ3) is 7.14. The van der Waals surface area contributed by atoms with E-state index in [1.54, 1.807) is 30.6 Å². The number of allylic oxidation sites excluding steroid dienone is 3. The number of hydrogen-bond acceptors (Lipinski definition) is 5. The number of pyridine rings is 3. The lowest BCUT2D eigenvalue weighted by atomic mass is 10.0.